The number of rotatable bonds is 6. The Bertz CT molecular complexity index is 462. The number of carbonyl (C=O) groups is 2. The van der Waals surface area contributed by atoms with Crippen molar-refractivity contribution in [3.05, 3.63) is 22.8 Å². The summed E-state index contributed by atoms with van der Waals surface area (Å²) in [6.07, 6.45) is 6.12. The summed E-state index contributed by atoms with van der Waals surface area (Å²) in [4.78, 5) is 26.2. The summed E-state index contributed by atoms with van der Waals surface area (Å²) < 4.78 is 0. The van der Waals surface area contributed by atoms with Crippen LogP contribution in [0.5, 0.6) is 0 Å². The van der Waals surface area contributed by atoms with Gasteiger partial charge < -0.3 is 10.2 Å². The maximum absolute atomic E-state index is 11.5. The summed E-state index contributed by atoms with van der Waals surface area (Å²) in [5.41, 5.74) is 1.15. The highest BCUT2D eigenvalue weighted by atomic mass is 35.5. The third kappa shape index (κ3) is 3.79. The number of hydrogen-bond donors (Lipinski definition) is 1. The molecule has 2 aliphatic rings. The van der Waals surface area contributed by atoms with Crippen LogP contribution in [0.4, 0.5) is 0 Å². The fourth-order valence-corrected chi connectivity index (χ4v) is 3.82. The van der Waals surface area contributed by atoms with Crippen LogP contribution < -0.4 is 5.32 Å². The van der Waals surface area contributed by atoms with Crippen LogP contribution in [-0.4, -0.2) is 41.4 Å². The smallest absolute Gasteiger partial charge is 0.220 e. The molecule has 20 heavy (non-hydrogen) atoms. The van der Waals surface area contributed by atoms with E-state index in [0.717, 1.165) is 17.0 Å². The third-order valence-electron chi connectivity index (χ3n) is 3.39. The van der Waals surface area contributed by atoms with Crippen LogP contribution >= 0.6 is 23.4 Å². The van der Waals surface area contributed by atoms with Crippen LogP contribution in [0.25, 0.3) is 0 Å². The van der Waals surface area contributed by atoms with Gasteiger partial charge in [0, 0.05) is 42.9 Å². The minimum absolute atomic E-state index is 0.0593. The van der Waals surface area contributed by atoms with E-state index in [4.69, 9.17) is 11.6 Å². The van der Waals surface area contributed by atoms with Crippen molar-refractivity contribution in [3.63, 3.8) is 0 Å². The first-order valence-electron chi connectivity index (χ1n) is 6.78. The quantitative estimate of drug-likeness (QED) is 0.764. The van der Waals surface area contributed by atoms with Gasteiger partial charge in [0.1, 0.15) is 0 Å². The van der Waals surface area contributed by atoms with Gasteiger partial charge >= 0.3 is 0 Å². The second-order valence-electron chi connectivity index (χ2n) is 4.90. The number of nitrogens with one attached hydrogen (secondary N) is 1. The fourth-order valence-electron chi connectivity index (χ4n) is 2.29. The number of nitrogens with zero attached hydrogens (tertiary/aromatic N) is 1. The molecule has 110 valence electrons. The Balaban J connectivity index is 1.75. The van der Waals surface area contributed by atoms with Crippen molar-refractivity contribution >= 4 is 35.1 Å². The largest absolute Gasteiger partial charge is 0.362 e. The Hall–Kier alpha value is -0.940. The molecule has 6 heteroatoms. The molecule has 1 unspecified atom stereocenters. The molecule has 0 spiro atoms. The van der Waals surface area contributed by atoms with Gasteiger partial charge in [0.15, 0.2) is 5.78 Å². The molecule has 0 saturated carbocycles. The zero-order valence-corrected chi connectivity index (χ0v) is 13.1. The lowest BCUT2D eigenvalue weighted by Gasteiger charge is -2.23. The van der Waals surface area contributed by atoms with Crippen molar-refractivity contribution in [3.8, 4) is 0 Å². The number of amides is 1. The lowest BCUT2D eigenvalue weighted by molar-refractivity contribution is -0.121. The van der Waals surface area contributed by atoms with E-state index in [2.05, 4.69) is 10.2 Å². The van der Waals surface area contributed by atoms with Gasteiger partial charge in [0.25, 0.3) is 0 Å². The minimum atomic E-state index is 0.0593. The number of alkyl halides is 1. The number of allylic oxidation sites excluding steroid dienone is 3. The van der Waals surface area contributed by atoms with Crippen LogP contribution in [0.1, 0.15) is 25.7 Å². The van der Waals surface area contributed by atoms with E-state index in [9.17, 15) is 9.59 Å². The van der Waals surface area contributed by atoms with Crippen LogP contribution in [0.2, 0.25) is 0 Å². The van der Waals surface area contributed by atoms with Crippen molar-refractivity contribution < 1.29 is 9.59 Å². The maximum atomic E-state index is 11.5. The minimum Gasteiger partial charge on any atom is -0.362 e. The summed E-state index contributed by atoms with van der Waals surface area (Å²) in [5, 5.41) is 3.21. The van der Waals surface area contributed by atoms with Crippen molar-refractivity contribution in [2.75, 3.05) is 19.5 Å². The van der Waals surface area contributed by atoms with Crippen molar-refractivity contribution in [2.45, 2.75) is 31.1 Å². The van der Waals surface area contributed by atoms with Gasteiger partial charge in [-0.15, -0.1) is 23.4 Å². The summed E-state index contributed by atoms with van der Waals surface area (Å²) in [6.45, 7) is 0.654. The molecule has 0 aromatic carbocycles. The number of carbonyl (C=O) groups excluding carboxylic acids is 2. The Morgan fingerprint density at radius 3 is 3.10 bits per heavy atom. The number of thioether (sulfide) groups is 1. The lowest BCUT2D eigenvalue weighted by atomic mass is 10.1. The average Bonchev–Trinajstić information content (AvgIpc) is 2.72. The Kier molecular flexibility index (Phi) is 5.54. The van der Waals surface area contributed by atoms with E-state index in [1.54, 1.807) is 17.8 Å². The standard InChI is InChI=1S/C14H19ClN2O2S/c1-17-11-5-4-10(18)9-12(11)20-14(17)6-8-16-13(19)3-2-7-15/h4-5,14H,2-3,6-9H2,1H3,(H,16,19). The summed E-state index contributed by atoms with van der Waals surface area (Å²) in [5.74, 6) is 0.745. The lowest BCUT2D eigenvalue weighted by Crippen LogP contribution is -2.30. The predicted octanol–water partition coefficient (Wildman–Crippen LogP) is 2.26. The molecule has 1 N–H and O–H groups in total. The maximum Gasteiger partial charge on any atom is 0.220 e. The van der Waals surface area contributed by atoms with Gasteiger partial charge in [-0.05, 0) is 25.0 Å². The molecule has 1 heterocycles. The van der Waals surface area contributed by atoms with Crippen LogP contribution in [-0.2, 0) is 9.59 Å². The first-order valence-corrected chi connectivity index (χ1v) is 8.19. The van der Waals surface area contributed by atoms with E-state index >= 15 is 0 Å². The van der Waals surface area contributed by atoms with Gasteiger partial charge in [-0.3, -0.25) is 9.59 Å². The molecule has 0 radical (unpaired) electrons. The first-order chi connectivity index (χ1) is 9.61. The van der Waals surface area contributed by atoms with Gasteiger partial charge in [0.2, 0.25) is 5.91 Å². The molecule has 0 aromatic rings. The topological polar surface area (TPSA) is 49.4 Å². The van der Waals surface area contributed by atoms with E-state index in [-0.39, 0.29) is 11.7 Å². The van der Waals surface area contributed by atoms with Crippen LogP contribution in [0, 0.1) is 0 Å². The zero-order valence-electron chi connectivity index (χ0n) is 11.5. The molecule has 0 aromatic heterocycles. The van der Waals surface area contributed by atoms with Crippen molar-refractivity contribution in [1.82, 2.24) is 10.2 Å². The second kappa shape index (κ2) is 7.18. The average molecular weight is 315 g/mol. The Morgan fingerprint density at radius 1 is 1.55 bits per heavy atom. The molecule has 2 rings (SSSR count). The summed E-state index contributed by atoms with van der Waals surface area (Å²) in [7, 11) is 2.04. The molecule has 1 amide bonds. The molecular weight excluding hydrogens is 296 g/mol. The van der Waals surface area contributed by atoms with Crippen LogP contribution in [0.15, 0.2) is 22.8 Å². The van der Waals surface area contributed by atoms with Gasteiger partial charge in [0.05, 0.1) is 5.37 Å². The van der Waals surface area contributed by atoms with Crippen molar-refractivity contribution in [1.29, 1.82) is 0 Å². The third-order valence-corrected chi connectivity index (χ3v) is 5.12. The highest BCUT2D eigenvalue weighted by molar-refractivity contribution is 8.03. The van der Waals surface area contributed by atoms with Gasteiger partial charge in [-0.25, -0.2) is 0 Å². The summed E-state index contributed by atoms with van der Waals surface area (Å²) in [6, 6.07) is 0. The monoisotopic (exact) mass is 314 g/mol. The van der Waals surface area contributed by atoms with Crippen molar-refractivity contribution in [2.24, 2.45) is 0 Å². The zero-order chi connectivity index (χ0) is 14.5. The van der Waals surface area contributed by atoms with E-state index in [0.29, 0.717) is 37.1 Å². The van der Waals surface area contributed by atoms with Crippen LogP contribution in [0.3, 0.4) is 0 Å². The number of likely N-dealkylation sites (N-methyl/N-ethyl adjacent to an activating group) is 1. The Morgan fingerprint density at radius 2 is 2.35 bits per heavy atom. The number of halogens is 1. The normalized spacial score (nSPS) is 21.4. The first kappa shape index (κ1) is 15.4. The summed E-state index contributed by atoms with van der Waals surface area (Å²) >= 11 is 7.29. The fraction of sp³-hybridized carbons (Fsp3) is 0.571. The molecule has 0 bridgehead atoms. The molecule has 4 nitrogen and oxygen atoms in total. The SMILES string of the molecule is CN1C2=C(CC(=O)C=C2)SC1CCNC(=O)CCCCl. The molecule has 0 fully saturated rings. The predicted molar refractivity (Wildman–Crippen MR) is 82.5 cm³/mol. The molecule has 1 atom stereocenters. The van der Waals surface area contributed by atoms with E-state index in [1.807, 2.05) is 13.1 Å². The number of ketones is 1. The highest BCUT2D eigenvalue weighted by Crippen LogP contribution is 2.42. The number of hydrogen-bond acceptors (Lipinski definition) is 4. The van der Waals surface area contributed by atoms with Gasteiger partial charge in [-0.2, -0.15) is 0 Å². The molecular formula is C14H19ClN2O2S. The Labute approximate surface area is 128 Å². The second-order valence-corrected chi connectivity index (χ2v) is 6.55. The molecule has 0 saturated heterocycles. The molecule has 1 aliphatic heterocycles. The van der Waals surface area contributed by atoms with E-state index < -0.39 is 0 Å². The van der Waals surface area contributed by atoms with Gasteiger partial charge in [-0.1, -0.05) is 0 Å². The molecule has 1 aliphatic carbocycles. The van der Waals surface area contributed by atoms with E-state index in [1.165, 1.54) is 0 Å². The highest BCUT2D eigenvalue weighted by Gasteiger charge is 2.30.